The quantitative estimate of drug-likeness (QED) is 0.828. The van der Waals surface area contributed by atoms with Crippen LogP contribution in [0.15, 0.2) is 40.1 Å². The van der Waals surface area contributed by atoms with E-state index in [9.17, 15) is 22.8 Å². The molecule has 1 aromatic heterocycles. The van der Waals surface area contributed by atoms with Crippen molar-refractivity contribution in [2.75, 3.05) is 19.6 Å². The van der Waals surface area contributed by atoms with Gasteiger partial charge in [-0.05, 0) is 43.0 Å². The molecule has 29 heavy (non-hydrogen) atoms. The first-order valence-corrected chi connectivity index (χ1v) is 9.37. The van der Waals surface area contributed by atoms with Gasteiger partial charge in [-0.3, -0.25) is 14.3 Å². The van der Waals surface area contributed by atoms with E-state index in [0.717, 1.165) is 43.8 Å². The summed E-state index contributed by atoms with van der Waals surface area (Å²) in [6.45, 7) is 2.77. The second kappa shape index (κ2) is 6.88. The Morgan fingerprint density at radius 3 is 2.59 bits per heavy atom. The van der Waals surface area contributed by atoms with Gasteiger partial charge in [0, 0.05) is 31.2 Å². The average Bonchev–Trinajstić information content (AvgIpc) is 3.25. The Bertz CT molecular complexity index is 1080. The van der Waals surface area contributed by atoms with Crippen molar-refractivity contribution < 1.29 is 13.2 Å². The molecule has 2 unspecified atom stereocenters. The van der Waals surface area contributed by atoms with Crippen LogP contribution in [-0.2, 0) is 18.1 Å². The number of nitrogens with zero attached hydrogens (tertiary/aromatic N) is 3. The van der Waals surface area contributed by atoms with Gasteiger partial charge < -0.3 is 4.90 Å². The number of nitrogens with one attached hydrogen (secondary N) is 1. The number of aromatic nitrogens is 2. The van der Waals surface area contributed by atoms with E-state index < -0.39 is 23.0 Å². The average molecular weight is 404 g/mol. The number of alkyl halides is 3. The van der Waals surface area contributed by atoms with Crippen LogP contribution in [0, 0.1) is 17.2 Å². The van der Waals surface area contributed by atoms with E-state index in [1.807, 2.05) is 0 Å². The molecule has 152 valence electrons. The molecule has 0 bridgehead atoms. The number of halogens is 3. The molecule has 1 aliphatic carbocycles. The fourth-order valence-electron chi connectivity index (χ4n) is 4.42. The Balaban J connectivity index is 1.36. The van der Waals surface area contributed by atoms with E-state index in [0.29, 0.717) is 18.9 Å². The van der Waals surface area contributed by atoms with Crippen molar-refractivity contribution in [1.82, 2.24) is 14.5 Å². The first-order valence-electron chi connectivity index (χ1n) is 9.37. The van der Waals surface area contributed by atoms with Crippen LogP contribution in [0.1, 0.15) is 29.5 Å². The molecule has 4 rings (SSSR count). The SMILES string of the molecule is N#Cc1cn(CCCN2CC3CC3(c3ccc(C(F)(F)F)cc3)C2)c(=O)[nH]c1=O. The molecule has 0 spiro atoms. The molecule has 2 aromatic rings. The third kappa shape index (κ3) is 3.60. The third-order valence-electron chi connectivity index (χ3n) is 6.01. The van der Waals surface area contributed by atoms with Crippen molar-refractivity contribution in [3.63, 3.8) is 0 Å². The fourth-order valence-corrected chi connectivity index (χ4v) is 4.42. The minimum Gasteiger partial charge on any atom is -0.302 e. The molecule has 1 aromatic carbocycles. The predicted molar refractivity (Wildman–Crippen MR) is 98.3 cm³/mol. The lowest BCUT2D eigenvalue weighted by molar-refractivity contribution is -0.137. The van der Waals surface area contributed by atoms with E-state index in [-0.39, 0.29) is 11.0 Å². The van der Waals surface area contributed by atoms with Gasteiger partial charge in [-0.1, -0.05) is 12.1 Å². The van der Waals surface area contributed by atoms with Gasteiger partial charge in [0.15, 0.2) is 0 Å². The van der Waals surface area contributed by atoms with E-state index in [1.54, 1.807) is 18.2 Å². The lowest BCUT2D eigenvalue weighted by atomic mass is 9.94. The maximum absolute atomic E-state index is 12.8. The van der Waals surface area contributed by atoms with E-state index >= 15 is 0 Å². The molecule has 1 saturated carbocycles. The largest absolute Gasteiger partial charge is 0.416 e. The van der Waals surface area contributed by atoms with Gasteiger partial charge in [0.05, 0.1) is 5.56 Å². The standard InChI is InChI=1S/C20H19F3N4O2/c21-20(22,23)15-4-2-14(3-5-15)19-8-16(19)11-26(12-19)6-1-7-27-10-13(9-24)17(28)25-18(27)29/h2-5,10,16H,1,6-8,11-12H2,(H,25,28,29). The van der Waals surface area contributed by atoms with Gasteiger partial charge in [-0.2, -0.15) is 18.4 Å². The Kier molecular flexibility index (Phi) is 4.62. The Hall–Kier alpha value is -2.86. The van der Waals surface area contributed by atoms with Crippen molar-refractivity contribution in [2.24, 2.45) is 5.92 Å². The van der Waals surface area contributed by atoms with Crippen molar-refractivity contribution >= 4 is 0 Å². The zero-order valence-electron chi connectivity index (χ0n) is 15.5. The van der Waals surface area contributed by atoms with Gasteiger partial charge in [0.1, 0.15) is 11.6 Å². The van der Waals surface area contributed by atoms with E-state index in [1.165, 1.54) is 10.8 Å². The Morgan fingerprint density at radius 2 is 1.93 bits per heavy atom. The normalized spacial score (nSPS) is 23.6. The van der Waals surface area contributed by atoms with Crippen molar-refractivity contribution in [3.05, 3.63) is 68.0 Å². The highest BCUT2D eigenvalue weighted by Crippen LogP contribution is 2.59. The number of rotatable bonds is 5. The molecule has 1 N–H and O–H groups in total. The topological polar surface area (TPSA) is 81.9 Å². The Morgan fingerprint density at radius 1 is 1.21 bits per heavy atom. The summed E-state index contributed by atoms with van der Waals surface area (Å²) in [6.07, 6.45) is -1.41. The number of H-pyrrole nitrogens is 1. The maximum atomic E-state index is 12.8. The first kappa shape index (κ1) is 19.5. The Labute approximate surface area is 164 Å². The summed E-state index contributed by atoms with van der Waals surface area (Å²) in [7, 11) is 0. The monoisotopic (exact) mass is 404 g/mol. The molecule has 2 fully saturated rings. The number of aromatic amines is 1. The summed E-state index contributed by atoms with van der Waals surface area (Å²) < 4.78 is 39.6. The second-order valence-electron chi connectivity index (χ2n) is 7.83. The molecule has 9 heteroatoms. The van der Waals surface area contributed by atoms with Crippen LogP contribution in [0.4, 0.5) is 13.2 Å². The minimum absolute atomic E-state index is 0.0626. The molecule has 1 saturated heterocycles. The van der Waals surface area contributed by atoms with Gasteiger partial charge in [-0.25, -0.2) is 4.79 Å². The molecular formula is C20H19F3N4O2. The number of piperidine rings is 1. The van der Waals surface area contributed by atoms with Crippen LogP contribution >= 0.6 is 0 Å². The zero-order valence-corrected chi connectivity index (χ0v) is 15.5. The summed E-state index contributed by atoms with van der Waals surface area (Å²) in [6, 6.07) is 7.24. The predicted octanol–water partition coefficient (Wildman–Crippen LogP) is 2.09. The number of benzene rings is 1. The highest BCUT2D eigenvalue weighted by molar-refractivity contribution is 5.39. The van der Waals surface area contributed by atoms with Crippen molar-refractivity contribution in [3.8, 4) is 6.07 Å². The summed E-state index contributed by atoms with van der Waals surface area (Å²) >= 11 is 0. The highest BCUT2D eigenvalue weighted by atomic mass is 19.4. The van der Waals surface area contributed by atoms with Crippen molar-refractivity contribution in [1.29, 1.82) is 5.26 Å². The first-order chi connectivity index (χ1) is 13.7. The maximum Gasteiger partial charge on any atom is 0.416 e. The van der Waals surface area contributed by atoms with Gasteiger partial charge in [-0.15, -0.1) is 0 Å². The number of fused-ring (bicyclic) bond motifs is 1. The van der Waals surface area contributed by atoms with Crippen LogP contribution in [0.25, 0.3) is 0 Å². The summed E-state index contributed by atoms with van der Waals surface area (Å²) in [4.78, 5) is 27.7. The minimum atomic E-state index is -4.33. The van der Waals surface area contributed by atoms with Crippen LogP contribution in [-0.4, -0.2) is 34.1 Å². The molecule has 2 atom stereocenters. The van der Waals surface area contributed by atoms with E-state index in [4.69, 9.17) is 5.26 Å². The molecule has 6 nitrogen and oxygen atoms in total. The number of aryl methyl sites for hydroxylation is 1. The summed E-state index contributed by atoms with van der Waals surface area (Å²) in [5.41, 5.74) is -1.08. The van der Waals surface area contributed by atoms with Gasteiger partial charge >= 0.3 is 11.9 Å². The summed E-state index contributed by atoms with van der Waals surface area (Å²) in [5.74, 6) is 0.445. The molecular weight excluding hydrogens is 385 g/mol. The molecule has 1 aliphatic heterocycles. The third-order valence-corrected chi connectivity index (χ3v) is 6.01. The van der Waals surface area contributed by atoms with Crippen LogP contribution in [0.3, 0.4) is 0 Å². The number of hydrogen-bond acceptors (Lipinski definition) is 4. The van der Waals surface area contributed by atoms with E-state index in [2.05, 4.69) is 9.88 Å². The molecule has 2 heterocycles. The van der Waals surface area contributed by atoms with Crippen molar-refractivity contribution in [2.45, 2.75) is 31.0 Å². The van der Waals surface area contributed by atoms with Crippen LogP contribution in [0.5, 0.6) is 0 Å². The molecule has 2 aliphatic rings. The molecule has 0 radical (unpaired) electrons. The van der Waals surface area contributed by atoms with Gasteiger partial charge in [0.2, 0.25) is 0 Å². The van der Waals surface area contributed by atoms with Gasteiger partial charge in [0.25, 0.3) is 5.56 Å². The molecule has 0 amide bonds. The van der Waals surface area contributed by atoms with Crippen LogP contribution < -0.4 is 11.2 Å². The zero-order chi connectivity index (χ0) is 20.8. The smallest absolute Gasteiger partial charge is 0.302 e. The number of nitriles is 1. The fraction of sp³-hybridized carbons (Fsp3) is 0.450. The number of hydrogen-bond donors (Lipinski definition) is 1. The van der Waals surface area contributed by atoms with Crippen LogP contribution in [0.2, 0.25) is 0 Å². The lowest BCUT2D eigenvalue weighted by Crippen LogP contribution is -2.33. The summed E-state index contributed by atoms with van der Waals surface area (Å²) in [5, 5.41) is 8.91. The second-order valence-corrected chi connectivity index (χ2v) is 7.83. The number of likely N-dealkylation sites (tertiary alicyclic amines) is 1. The highest BCUT2D eigenvalue weighted by Gasteiger charge is 2.60. The lowest BCUT2D eigenvalue weighted by Gasteiger charge is -2.21.